The highest BCUT2D eigenvalue weighted by Crippen LogP contribution is 2.13. The van der Waals surface area contributed by atoms with Gasteiger partial charge in [-0.25, -0.2) is 0 Å². The van der Waals surface area contributed by atoms with E-state index in [0.717, 1.165) is 0 Å². The largest absolute Gasteiger partial charge is 0.370 e. The molecule has 0 saturated carbocycles. The topological polar surface area (TPSA) is 86.2 Å². The molecule has 0 aromatic heterocycles. The first kappa shape index (κ1) is 11.9. The molecule has 0 spiro atoms. The maximum Gasteiger partial charge on any atom is 0.220 e. The van der Waals surface area contributed by atoms with E-state index in [-0.39, 0.29) is 17.7 Å². The first-order chi connectivity index (χ1) is 6.07. The minimum atomic E-state index is -0.335. The van der Waals surface area contributed by atoms with Gasteiger partial charge >= 0.3 is 0 Å². The van der Waals surface area contributed by atoms with Gasteiger partial charge in [-0.1, -0.05) is 13.3 Å². The van der Waals surface area contributed by atoms with Crippen molar-refractivity contribution in [3.63, 3.8) is 0 Å². The summed E-state index contributed by atoms with van der Waals surface area (Å²) in [5.74, 6) is -0.803. The lowest BCUT2D eigenvalue weighted by atomic mass is 9.96. The average molecular weight is 185 g/mol. The lowest BCUT2D eigenvalue weighted by Crippen LogP contribution is -2.23. The normalized spacial score (nSPS) is 12.4. The van der Waals surface area contributed by atoms with Crippen LogP contribution >= 0.6 is 0 Å². The van der Waals surface area contributed by atoms with Gasteiger partial charge in [0.2, 0.25) is 11.8 Å². The molecule has 0 aromatic carbocycles. The molecule has 0 rings (SSSR count). The monoisotopic (exact) mass is 185 g/mol. The van der Waals surface area contributed by atoms with E-state index in [1.54, 1.807) is 0 Å². The first-order valence-electron chi connectivity index (χ1n) is 4.44. The number of primary amides is 2. The van der Waals surface area contributed by atoms with Gasteiger partial charge in [0.15, 0.2) is 0 Å². The van der Waals surface area contributed by atoms with Crippen molar-refractivity contribution in [2.45, 2.75) is 32.1 Å². The Labute approximate surface area is 78.7 Å². The number of hydrogen-bond acceptors (Lipinski definition) is 2. The standard InChI is InChI=1S/C9H17N2O2/c1-2-4-7(9(11)13)5-3-6-8(10)12/h7H,1-6H2,(H2,10,12)(H2,11,13). The molecule has 4 N–H and O–H groups in total. The fourth-order valence-corrected chi connectivity index (χ4v) is 1.20. The van der Waals surface area contributed by atoms with Crippen molar-refractivity contribution in [1.29, 1.82) is 0 Å². The van der Waals surface area contributed by atoms with Crippen molar-refractivity contribution < 1.29 is 9.59 Å². The summed E-state index contributed by atoms with van der Waals surface area (Å²) in [4.78, 5) is 21.2. The van der Waals surface area contributed by atoms with Crippen LogP contribution in [-0.2, 0) is 9.59 Å². The highest BCUT2D eigenvalue weighted by Gasteiger charge is 2.13. The van der Waals surface area contributed by atoms with Gasteiger partial charge in [0, 0.05) is 12.3 Å². The number of nitrogens with two attached hydrogens (primary N) is 2. The highest BCUT2D eigenvalue weighted by atomic mass is 16.1. The third-order valence-electron chi connectivity index (χ3n) is 1.93. The minimum absolute atomic E-state index is 0.156. The second kappa shape index (κ2) is 6.46. The zero-order valence-corrected chi connectivity index (χ0v) is 7.79. The van der Waals surface area contributed by atoms with Crippen LogP contribution in [0.5, 0.6) is 0 Å². The molecule has 0 aliphatic rings. The molecular weight excluding hydrogens is 168 g/mol. The van der Waals surface area contributed by atoms with Crippen LogP contribution < -0.4 is 11.5 Å². The van der Waals surface area contributed by atoms with Crippen molar-refractivity contribution in [2.75, 3.05) is 0 Å². The predicted octanol–water partition coefficient (Wildman–Crippen LogP) is 0.358. The van der Waals surface area contributed by atoms with Crippen LogP contribution in [0.2, 0.25) is 0 Å². The molecule has 2 amide bonds. The minimum Gasteiger partial charge on any atom is -0.370 e. The lowest BCUT2D eigenvalue weighted by molar-refractivity contribution is -0.123. The predicted molar refractivity (Wildman–Crippen MR) is 50.3 cm³/mol. The Balaban J connectivity index is 3.69. The smallest absolute Gasteiger partial charge is 0.220 e. The Morgan fingerprint density at radius 2 is 1.85 bits per heavy atom. The third-order valence-corrected chi connectivity index (χ3v) is 1.93. The maximum absolute atomic E-state index is 10.8. The zero-order valence-electron chi connectivity index (χ0n) is 7.79. The highest BCUT2D eigenvalue weighted by molar-refractivity contribution is 5.77. The van der Waals surface area contributed by atoms with E-state index in [1.807, 2.05) is 0 Å². The van der Waals surface area contributed by atoms with E-state index < -0.39 is 0 Å². The summed E-state index contributed by atoms with van der Waals surface area (Å²) in [6, 6.07) is 0. The average Bonchev–Trinajstić information content (AvgIpc) is 2.02. The quantitative estimate of drug-likeness (QED) is 0.600. The number of carbonyl (C=O) groups excluding carboxylic acids is 2. The van der Waals surface area contributed by atoms with Crippen LogP contribution in [-0.4, -0.2) is 11.8 Å². The second-order valence-corrected chi connectivity index (χ2v) is 3.10. The molecule has 1 atom stereocenters. The van der Waals surface area contributed by atoms with Gasteiger partial charge < -0.3 is 11.5 Å². The zero-order chi connectivity index (χ0) is 10.3. The third kappa shape index (κ3) is 6.13. The van der Waals surface area contributed by atoms with Gasteiger partial charge in [-0.05, 0) is 19.3 Å². The first-order valence-corrected chi connectivity index (χ1v) is 4.44. The van der Waals surface area contributed by atoms with E-state index >= 15 is 0 Å². The van der Waals surface area contributed by atoms with Crippen molar-refractivity contribution >= 4 is 11.8 Å². The molecule has 1 unspecified atom stereocenters. The van der Waals surface area contributed by atoms with Crippen molar-refractivity contribution in [3.05, 3.63) is 6.92 Å². The lowest BCUT2D eigenvalue weighted by Gasteiger charge is -2.10. The van der Waals surface area contributed by atoms with Gasteiger partial charge in [-0.2, -0.15) is 0 Å². The summed E-state index contributed by atoms with van der Waals surface area (Å²) in [5.41, 5.74) is 10.1. The van der Waals surface area contributed by atoms with Crippen LogP contribution in [0.15, 0.2) is 0 Å². The van der Waals surface area contributed by atoms with Crippen LogP contribution in [0.25, 0.3) is 0 Å². The molecule has 75 valence electrons. The molecule has 1 radical (unpaired) electrons. The molecule has 4 nitrogen and oxygen atoms in total. The molecular formula is C9H17N2O2. The fourth-order valence-electron chi connectivity index (χ4n) is 1.20. The van der Waals surface area contributed by atoms with Gasteiger partial charge in [0.25, 0.3) is 0 Å². The number of amides is 2. The molecule has 4 heteroatoms. The molecule has 0 bridgehead atoms. The number of carbonyl (C=O) groups is 2. The number of hydrogen-bond donors (Lipinski definition) is 2. The summed E-state index contributed by atoms with van der Waals surface area (Å²) in [6.45, 7) is 3.65. The van der Waals surface area contributed by atoms with Crippen LogP contribution in [0, 0.1) is 12.8 Å². The molecule has 0 fully saturated rings. The van der Waals surface area contributed by atoms with Crippen molar-refractivity contribution in [2.24, 2.45) is 17.4 Å². The Bertz CT molecular complexity index is 180. The van der Waals surface area contributed by atoms with E-state index in [0.29, 0.717) is 32.1 Å². The molecule has 0 heterocycles. The number of rotatable bonds is 7. The molecule has 0 aliphatic carbocycles. The van der Waals surface area contributed by atoms with Crippen LogP contribution in [0.4, 0.5) is 0 Å². The van der Waals surface area contributed by atoms with Crippen LogP contribution in [0.3, 0.4) is 0 Å². The molecule has 13 heavy (non-hydrogen) atoms. The van der Waals surface area contributed by atoms with Crippen LogP contribution in [0.1, 0.15) is 32.1 Å². The van der Waals surface area contributed by atoms with Gasteiger partial charge in [0.05, 0.1) is 0 Å². The Morgan fingerprint density at radius 3 is 2.23 bits per heavy atom. The van der Waals surface area contributed by atoms with Gasteiger partial charge in [-0.15, -0.1) is 0 Å². The van der Waals surface area contributed by atoms with Crippen molar-refractivity contribution in [3.8, 4) is 0 Å². The fraction of sp³-hybridized carbons (Fsp3) is 0.667. The second-order valence-electron chi connectivity index (χ2n) is 3.10. The maximum atomic E-state index is 10.8. The van der Waals surface area contributed by atoms with Crippen molar-refractivity contribution in [1.82, 2.24) is 0 Å². The summed E-state index contributed by atoms with van der Waals surface area (Å²) < 4.78 is 0. The molecule has 0 aliphatic heterocycles. The van der Waals surface area contributed by atoms with E-state index in [4.69, 9.17) is 11.5 Å². The Morgan fingerprint density at radius 1 is 1.23 bits per heavy atom. The Hall–Kier alpha value is -1.06. The molecule has 0 aromatic rings. The SMILES string of the molecule is [CH2]CCC(CCCC(N)=O)C(N)=O. The summed E-state index contributed by atoms with van der Waals surface area (Å²) in [6.07, 6.45) is 2.95. The van der Waals surface area contributed by atoms with Gasteiger partial charge in [-0.3, -0.25) is 9.59 Å². The van der Waals surface area contributed by atoms with E-state index in [9.17, 15) is 9.59 Å². The van der Waals surface area contributed by atoms with E-state index in [2.05, 4.69) is 6.92 Å². The summed E-state index contributed by atoms with van der Waals surface area (Å²) in [5, 5.41) is 0. The summed E-state index contributed by atoms with van der Waals surface area (Å²) >= 11 is 0. The summed E-state index contributed by atoms with van der Waals surface area (Å²) in [7, 11) is 0. The molecule has 0 saturated heterocycles. The van der Waals surface area contributed by atoms with Gasteiger partial charge in [0.1, 0.15) is 0 Å². The Kier molecular flexibility index (Phi) is 5.93. The van der Waals surface area contributed by atoms with E-state index in [1.165, 1.54) is 0 Å².